The van der Waals surface area contributed by atoms with E-state index in [1.165, 1.54) is 21.8 Å². The molecule has 0 radical (unpaired) electrons. The van der Waals surface area contributed by atoms with Crippen LogP contribution in [0, 0.1) is 0 Å². The molecule has 1 N–H and O–H groups in total. The molecule has 1 unspecified atom stereocenters. The summed E-state index contributed by atoms with van der Waals surface area (Å²) in [6, 6.07) is 21.7. The van der Waals surface area contributed by atoms with E-state index in [9.17, 15) is 0 Å². The Morgan fingerprint density at radius 2 is 1.81 bits per heavy atom. The van der Waals surface area contributed by atoms with Crippen LogP contribution in [-0.2, 0) is 0 Å². The summed E-state index contributed by atoms with van der Waals surface area (Å²) >= 11 is 1.93. The van der Waals surface area contributed by atoms with Gasteiger partial charge in [0.05, 0.1) is 6.04 Å². The first-order valence-electron chi connectivity index (χ1n) is 7.12. The fourth-order valence-electron chi connectivity index (χ4n) is 2.75. The van der Waals surface area contributed by atoms with Crippen molar-refractivity contribution in [2.45, 2.75) is 10.9 Å². The Balaban J connectivity index is 1.60. The van der Waals surface area contributed by atoms with E-state index in [4.69, 9.17) is 0 Å². The van der Waals surface area contributed by atoms with E-state index in [1.54, 1.807) is 0 Å². The maximum absolute atomic E-state index is 3.67. The van der Waals surface area contributed by atoms with Crippen LogP contribution in [0.2, 0.25) is 0 Å². The van der Waals surface area contributed by atoms with E-state index in [1.807, 2.05) is 23.9 Å². The van der Waals surface area contributed by atoms with Crippen LogP contribution >= 0.6 is 11.8 Å². The Bertz CT molecular complexity index is 749. The summed E-state index contributed by atoms with van der Waals surface area (Å²) in [5, 5.41) is 3.67. The van der Waals surface area contributed by atoms with Crippen molar-refractivity contribution in [3.05, 3.63) is 78.6 Å². The molecule has 0 spiro atoms. The van der Waals surface area contributed by atoms with Gasteiger partial charge in [0.1, 0.15) is 0 Å². The summed E-state index contributed by atoms with van der Waals surface area (Å²) in [5.41, 5.74) is 3.77. The number of hydrogen-bond acceptors (Lipinski definition) is 2. The Hall–Kier alpha value is -2.13. The molecule has 1 aliphatic heterocycles. The maximum Gasteiger partial charge on any atom is 0.0618 e. The molecule has 1 aromatic heterocycles. The quantitative estimate of drug-likeness (QED) is 0.751. The van der Waals surface area contributed by atoms with Crippen LogP contribution in [0.15, 0.2) is 78.0 Å². The first-order chi connectivity index (χ1) is 10.4. The number of benzene rings is 2. The Morgan fingerprint density at radius 3 is 2.71 bits per heavy atom. The normalized spacial score (nSPS) is 16.7. The van der Waals surface area contributed by atoms with Crippen LogP contribution in [0.1, 0.15) is 11.6 Å². The number of nitrogens with zero attached hydrogens (tertiary/aromatic N) is 1. The molecule has 4 rings (SSSR count). The largest absolute Gasteiger partial charge is 0.377 e. The van der Waals surface area contributed by atoms with Crippen LogP contribution in [0.4, 0.5) is 5.69 Å². The third-order valence-corrected chi connectivity index (χ3v) is 4.97. The smallest absolute Gasteiger partial charge is 0.0618 e. The van der Waals surface area contributed by atoms with Crippen LogP contribution in [0.3, 0.4) is 0 Å². The third kappa shape index (κ3) is 2.45. The van der Waals surface area contributed by atoms with Crippen molar-refractivity contribution in [2.75, 3.05) is 11.1 Å². The molecule has 0 amide bonds. The zero-order chi connectivity index (χ0) is 14.1. The molecular weight excluding hydrogens is 276 g/mol. The van der Waals surface area contributed by atoms with Crippen molar-refractivity contribution in [1.82, 2.24) is 4.57 Å². The zero-order valence-corrected chi connectivity index (χ0v) is 12.4. The molecular formula is C18H16N2S. The van der Waals surface area contributed by atoms with E-state index in [0.29, 0.717) is 6.04 Å². The summed E-state index contributed by atoms with van der Waals surface area (Å²) < 4.78 is 2.13. The number of aromatic nitrogens is 1. The van der Waals surface area contributed by atoms with Gasteiger partial charge in [-0.3, -0.25) is 0 Å². The van der Waals surface area contributed by atoms with Gasteiger partial charge in [0.25, 0.3) is 0 Å². The second-order valence-corrected chi connectivity index (χ2v) is 6.25. The highest BCUT2D eigenvalue weighted by molar-refractivity contribution is 7.99. The van der Waals surface area contributed by atoms with E-state index in [0.717, 1.165) is 5.75 Å². The molecule has 0 aliphatic carbocycles. The summed E-state index contributed by atoms with van der Waals surface area (Å²) in [7, 11) is 0. The van der Waals surface area contributed by atoms with Gasteiger partial charge in [0.2, 0.25) is 0 Å². The van der Waals surface area contributed by atoms with E-state index >= 15 is 0 Å². The lowest BCUT2D eigenvalue weighted by Crippen LogP contribution is -2.09. The van der Waals surface area contributed by atoms with E-state index in [2.05, 4.69) is 70.8 Å². The molecule has 21 heavy (non-hydrogen) atoms. The summed E-state index contributed by atoms with van der Waals surface area (Å²) in [6.45, 7) is 0. The number of anilines is 1. The molecule has 2 nitrogen and oxygen atoms in total. The predicted octanol–water partition coefficient (Wildman–Crippen LogP) is 4.74. The highest BCUT2D eigenvalue weighted by Crippen LogP contribution is 2.39. The Labute approximate surface area is 128 Å². The fourth-order valence-corrected chi connectivity index (χ4v) is 3.91. The van der Waals surface area contributed by atoms with Crippen LogP contribution in [0.25, 0.3) is 5.69 Å². The molecule has 0 saturated heterocycles. The average molecular weight is 292 g/mol. The minimum atomic E-state index is 0.395. The summed E-state index contributed by atoms with van der Waals surface area (Å²) in [5.74, 6) is 1.09. The number of thioether (sulfide) groups is 1. The molecule has 3 aromatic rings. The van der Waals surface area contributed by atoms with Gasteiger partial charge in [-0.15, -0.1) is 11.8 Å². The molecule has 1 atom stereocenters. The summed E-state index contributed by atoms with van der Waals surface area (Å²) in [4.78, 5) is 1.40. The van der Waals surface area contributed by atoms with Gasteiger partial charge < -0.3 is 9.88 Å². The lowest BCUT2D eigenvalue weighted by molar-refractivity contribution is 0.899. The van der Waals surface area contributed by atoms with Crippen molar-refractivity contribution >= 4 is 17.4 Å². The van der Waals surface area contributed by atoms with Gasteiger partial charge in [0.15, 0.2) is 0 Å². The van der Waals surface area contributed by atoms with Crippen molar-refractivity contribution in [3.8, 4) is 5.69 Å². The zero-order valence-electron chi connectivity index (χ0n) is 11.6. The van der Waals surface area contributed by atoms with Crippen LogP contribution in [-0.4, -0.2) is 10.3 Å². The Morgan fingerprint density at radius 1 is 0.952 bits per heavy atom. The standard InChI is InChI=1S/C18H16N2S/c1-2-9-18-16(8-1)17(13-21-18)19-14-6-5-7-15(12-14)20-10-3-4-11-20/h1-12,17,19H,13H2. The number of rotatable bonds is 3. The molecule has 0 bridgehead atoms. The minimum Gasteiger partial charge on any atom is -0.377 e. The van der Waals surface area contributed by atoms with Crippen LogP contribution < -0.4 is 5.32 Å². The average Bonchev–Trinajstić information content (AvgIpc) is 3.18. The van der Waals surface area contributed by atoms with E-state index < -0.39 is 0 Å². The molecule has 2 heterocycles. The van der Waals surface area contributed by atoms with Gasteiger partial charge in [-0.25, -0.2) is 0 Å². The first kappa shape index (κ1) is 12.6. The molecule has 1 aliphatic rings. The van der Waals surface area contributed by atoms with Crippen LogP contribution in [0.5, 0.6) is 0 Å². The van der Waals surface area contributed by atoms with Crippen molar-refractivity contribution < 1.29 is 0 Å². The summed E-state index contributed by atoms with van der Waals surface area (Å²) in [6.07, 6.45) is 4.14. The van der Waals surface area contributed by atoms with Crippen molar-refractivity contribution in [1.29, 1.82) is 0 Å². The van der Waals surface area contributed by atoms with Gasteiger partial charge in [-0.2, -0.15) is 0 Å². The van der Waals surface area contributed by atoms with Crippen molar-refractivity contribution in [2.24, 2.45) is 0 Å². The van der Waals surface area contributed by atoms with E-state index in [-0.39, 0.29) is 0 Å². The molecule has 3 heteroatoms. The maximum atomic E-state index is 3.67. The van der Waals surface area contributed by atoms with Gasteiger partial charge in [-0.05, 0) is 42.0 Å². The monoisotopic (exact) mass is 292 g/mol. The molecule has 104 valence electrons. The van der Waals surface area contributed by atoms with Gasteiger partial charge >= 0.3 is 0 Å². The minimum absolute atomic E-state index is 0.395. The first-order valence-corrected chi connectivity index (χ1v) is 8.10. The highest BCUT2D eigenvalue weighted by atomic mass is 32.2. The van der Waals surface area contributed by atoms with Gasteiger partial charge in [-0.1, -0.05) is 24.3 Å². The second-order valence-electron chi connectivity index (χ2n) is 5.19. The van der Waals surface area contributed by atoms with Gasteiger partial charge in [0, 0.05) is 34.4 Å². The fraction of sp³-hybridized carbons (Fsp3) is 0.111. The lowest BCUT2D eigenvalue weighted by atomic mass is 10.1. The SMILES string of the molecule is c1cc(NC2CSc3ccccc32)cc(-n2cccc2)c1. The molecule has 0 fully saturated rings. The van der Waals surface area contributed by atoms with Crippen molar-refractivity contribution in [3.63, 3.8) is 0 Å². The number of nitrogens with one attached hydrogen (secondary N) is 1. The highest BCUT2D eigenvalue weighted by Gasteiger charge is 2.22. The lowest BCUT2D eigenvalue weighted by Gasteiger charge is -2.16. The Kier molecular flexibility index (Phi) is 3.20. The topological polar surface area (TPSA) is 17.0 Å². The molecule has 2 aromatic carbocycles. The number of hydrogen-bond donors (Lipinski definition) is 1. The third-order valence-electron chi connectivity index (χ3n) is 3.79. The number of fused-ring (bicyclic) bond motifs is 1. The molecule has 0 saturated carbocycles. The predicted molar refractivity (Wildman–Crippen MR) is 89.3 cm³/mol. The second kappa shape index (κ2) is 5.34.